The number of aromatic nitrogens is 2. The van der Waals surface area contributed by atoms with Gasteiger partial charge in [0.15, 0.2) is 0 Å². The zero-order chi connectivity index (χ0) is 11.6. The van der Waals surface area contributed by atoms with Crippen molar-refractivity contribution in [1.82, 2.24) is 9.97 Å². The Morgan fingerprint density at radius 1 is 1.43 bits per heavy atom. The molecule has 0 radical (unpaired) electrons. The number of hydrogen-bond donors (Lipinski definition) is 4. The average Bonchev–Trinajstić information content (AvgIpc) is 2.32. The Morgan fingerprint density at radius 2 is 1.79 bits per heavy atom. The van der Waals surface area contributed by atoms with E-state index in [1.54, 1.807) is 18.7 Å². The Morgan fingerprint density at radius 3 is 1.86 bits per heavy atom. The van der Waals surface area contributed by atoms with E-state index in [9.17, 15) is 0 Å². The van der Waals surface area contributed by atoms with Crippen LogP contribution < -0.4 is 0 Å². The van der Waals surface area contributed by atoms with Gasteiger partial charge in [-0.15, -0.1) is 0 Å². The second-order valence-corrected chi connectivity index (χ2v) is 2.76. The quantitative estimate of drug-likeness (QED) is 0.338. The molecule has 4 N–H and O–H groups in total. The highest BCUT2D eigenvalue weighted by molar-refractivity contribution is 7.79. The van der Waals surface area contributed by atoms with Gasteiger partial charge in [-0.2, -0.15) is 8.42 Å². The number of H-pyrrole nitrogens is 1. The standard InChI is InChI=1S/C3H4N2.H2O4S.H2O3S/c1-2-5-3-4-1;1-5(2,3)4;1-4(2)3/h1-3H,(H,4,5);(H2,1,2,3,4);(H2,1,2,3)/p-1. The first-order valence-electron chi connectivity index (χ1n) is 2.64. The highest BCUT2D eigenvalue weighted by atomic mass is 32.3. The molecule has 1 atom stereocenters. The molecule has 0 saturated heterocycles. The van der Waals surface area contributed by atoms with Crippen LogP contribution in [0, 0.1) is 0 Å². The maximum Gasteiger partial charge on any atom is 0.394 e. The lowest BCUT2D eigenvalue weighted by Gasteiger charge is -1.83. The summed E-state index contributed by atoms with van der Waals surface area (Å²) in [7, 11) is -4.67. The molecule has 1 aromatic heterocycles. The van der Waals surface area contributed by atoms with Gasteiger partial charge >= 0.3 is 10.4 Å². The van der Waals surface area contributed by atoms with E-state index in [0.717, 1.165) is 0 Å². The van der Waals surface area contributed by atoms with Crippen LogP contribution in [0.3, 0.4) is 0 Å². The zero-order valence-corrected chi connectivity index (χ0v) is 8.10. The summed E-state index contributed by atoms with van der Waals surface area (Å²) in [4.78, 5) is 6.42. The monoisotopic (exact) mass is 247 g/mol. The largest absolute Gasteiger partial charge is 0.750 e. The van der Waals surface area contributed by atoms with Crippen LogP contribution in [0.15, 0.2) is 18.7 Å². The van der Waals surface area contributed by atoms with Crippen LogP contribution in [0.5, 0.6) is 0 Å². The SMILES string of the molecule is O=S(=O)(O)O.O=S([O-])O.c1c[nH]cn1. The van der Waals surface area contributed by atoms with Crippen molar-refractivity contribution in [2.75, 3.05) is 0 Å². The minimum absolute atomic E-state index is 1.62. The number of rotatable bonds is 0. The highest BCUT2D eigenvalue weighted by Crippen LogP contribution is 1.62. The number of hydrogen-bond acceptors (Lipinski definition) is 5. The van der Waals surface area contributed by atoms with Gasteiger partial charge in [-0.05, 0) is 0 Å². The smallest absolute Gasteiger partial charge is 0.394 e. The van der Waals surface area contributed by atoms with Gasteiger partial charge in [-0.25, -0.2) is 9.19 Å². The Balaban J connectivity index is 0. The van der Waals surface area contributed by atoms with Crippen LogP contribution in [0.2, 0.25) is 0 Å². The fourth-order valence-corrected chi connectivity index (χ4v) is 0.215. The predicted molar refractivity (Wildman–Crippen MR) is 44.3 cm³/mol. The van der Waals surface area contributed by atoms with Crippen molar-refractivity contribution in [3.63, 3.8) is 0 Å². The van der Waals surface area contributed by atoms with Crippen LogP contribution in [0.1, 0.15) is 0 Å². The molecule has 84 valence electrons. The van der Waals surface area contributed by atoms with Crippen molar-refractivity contribution in [3.05, 3.63) is 18.7 Å². The molecule has 1 aromatic rings. The molecule has 0 aromatic carbocycles. The van der Waals surface area contributed by atoms with Gasteiger partial charge in [0.25, 0.3) is 0 Å². The van der Waals surface area contributed by atoms with Gasteiger partial charge in [0.2, 0.25) is 0 Å². The van der Waals surface area contributed by atoms with Crippen LogP contribution in [0.4, 0.5) is 0 Å². The number of aromatic amines is 1. The molecule has 1 heterocycles. The molecule has 0 spiro atoms. The molecule has 1 rings (SSSR count). The Kier molecular flexibility index (Phi) is 9.74. The molecule has 0 amide bonds. The topological polar surface area (TPSA) is 164 Å². The van der Waals surface area contributed by atoms with Gasteiger partial charge in [-0.3, -0.25) is 9.11 Å². The summed E-state index contributed by atoms with van der Waals surface area (Å²) in [6.45, 7) is 0. The molecule has 0 aliphatic carbocycles. The molecule has 0 aliphatic heterocycles. The Labute approximate surface area is 81.9 Å². The summed E-state index contributed by atoms with van der Waals surface area (Å²) in [5, 5.41) is 0. The fourth-order valence-electron chi connectivity index (χ4n) is 0.215. The van der Waals surface area contributed by atoms with Crippen molar-refractivity contribution >= 4 is 21.8 Å². The highest BCUT2D eigenvalue weighted by Gasteiger charge is 1.84. The third kappa shape index (κ3) is 66.7. The zero-order valence-electron chi connectivity index (χ0n) is 6.47. The van der Waals surface area contributed by atoms with Gasteiger partial charge < -0.3 is 14.1 Å². The third-order valence-electron chi connectivity index (χ3n) is 0.406. The van der Waals surface area contributed by atoms with Crippen LogP contribution in [-0.2, 0) is 21.8 Å². The van der Waals surface area contributed by atoms with Crippen molar-refractivity contribution in [2.45, 2.75) is 0 Å². The molecule has 1 unspecified atom stereocenters. The van der Waals surface area contributed by atoms with Crippen molar-refractivity contribution in [3.8, 4) is 0 Å². The van der Waals surface area contributed by atoms with E-state index in [1.807, 2.05) is 0 Å². The average molecular weight is 247 g/mol. The Bertz CT molecular complexity index is 289. The van der Waals surface area contributed by atoms with Gasteiger partial charge in [-0.1, -0.05) is 0 Å². The van der Waals surface area contributed by atoms with Crippen LogP contribution in [0.25, 0.3) is 0 Å². The predicted octanol–water partition coefficient (Wildman–Crippen LogP) is -0.905. The molecular weight excluding hydrogens is 240 g/mol. The first-order valence-corrected chi connectivity index (χ1v) is 5.07. The summed E-state index contributed by atoms with van der Waals surface area (Å²) < 4.78 is 55.7. The van der Waals surface area contributed by atoms with Crippen molar-refractivity contribution < 1.29 is 30.8 Å². The van der Waals surface area contributed by atoms with E-state index in [4.69, 9.17) is 30.8 Å². The van der Waals surface area contributed by atoms with Crippen molar-refractivity contribution in [2.24, 2.45) is 0 Å². The van der Waals surface area contributed by atoms with E-state index < -0.39 is 21.8 Å². The molecule has 9 nitrogen and oxygen atoms in total. The molecule has 11 heteroatoms. The maximum absolute atomic E-state index is 8.74. The number of nitrogens with zero attached hydrogens (tertiary/aromatic N) is 1. The maximum atomic E-state index is 8.74. The van der Waals surface area contributed by atoms with Gasteiger partial charge in [0.05, 0.1) is 17.7 Å². The summed E-state index contributed by atoms with van der Waals surface area (Å²) in [6, 6.07) is 0. The second kappa shape index (κ2) is 8.74. The van der Waals surface area contributed by atoms with Gasteiger partial charge in [0, 0.05) is 12.4 Å². The summed E-state index contributed by atoms with van der Waals surface area (Å²) in [5.74, 6) is 0. The molecule has 0 saturated carbocycles. The normalized spacial score (nSPS) is 11.4. The second-order valence-electron chi connectivity index (χ2n) is 1.43. The number of imidazole rings is 1. The minimum atomic E-state index is -4.67. The third-order valence-corrected chi connectivity index (χ3v) is 0.406. The molecule has 0 bridgehead atoms. The van der Waals surface area contributed by atoms with Gasteiger partial charge in [0.1, 0.15) is 0 Å². The minimum Gasteiger partial charge on any atom is -0.750 e. The van der Waals surface area contributed by atoms with Crippen molar-refractivity contribution in [1.29, 1.82) is 0 Å². The lowest BCUT2D eigenvalue weighted by atomic mass is 11.0. The molecule has 14 heavy (non-hydrogen) atoms. The van der Waals surface area contributed by atoms with E-state index in [2.05, 4.69) is 9.97 Å². The lowest BCUT2D eigenvalue weighted by Crippen LogP contribution is -1.89. The molecular formula is C3H7N2O7S2-. The molecule has 0 fully saturated rings. The lowest BCUT2D eigenvalue weighted by molar-refractivity contribution is 0.380. The van der Waals surface area contributed by atoms with Crippen LogP contribution >= 0.6 is 0 Å². The fraction of sp³-hybridized carbons (Fsp3) is 0. The summed E-state index contributed by atoms with van der Waals surface area (Å²) in [5.41, 5.74) is 0. The first-order chi connectivity index (χ1) is 6.23. The summed E-state index contributed by atoms with van der Waals surface area (Å²) >= 11 is -2.86. The summed E-state index contributed by atoms with van der Waals surface area (Å²) in [6.07, 6.45) is 5.08. The number of nitrogens with one attached hydrogen (secondary N) is 1. The van der Waals surface area contributed by atoms with E-state index in [-0.39, 0.29) is 0 Å². The van der Waals surface area contributed by atoms with Crippen LogP contribution in [-0.4, -0.2) is 40.8 Å². The van der Waals surface area contributed by atoms with E-state index in [0.29, 0.717) is 0 Å². The first kappa shape index (κ1) is 15.6. The van der Waals surface area contributed by atoms with E-state index in [1.165, 1.54) is 0 Å². The molecule has 0 aliphatic rings. The Hall–Kier alpha value is -0.850. The van der Waals surface area contributed by atoms with E-state index >= 15 is 0 Å².